The van der Waals surface area contributed by atoms with Crippen LogP contribution in [0.2, 0.25) is 0 Å². The van der Waals surface area contributed by atoms with E-state index in [2.05, 4.69) is 50.9 Å². The van der Waals surface area contributed by atoms with Crippen LogP contribution in [0.3, 0.4) is 0 Å². The fourth-order valence-corrected chi connectivity index (χ4v) is 3.88. The van der Waals surface area contributed by atoms with E-state index in [9.17, 15) is 4.79 Å². The van der Waals surface area contributed by atoms with Crippen LogP contribution in [0.5, 0.6) is 0 Å². The van der Waals surface area contributed by atoms with Gasteiger partial charge in [0.2, 0.25) is 0 Å². The molecule has 0 aliphatic carbocycles. The average Bonchev–Trinajstić information content (AvgIpc) is 2.59. The van der Waals surface area contributed by atoms with Gasteiger partial charge in [-0.15, -0.1) is 0 Å². The molecule has 1 atom stereocenters. The first kappa shape index (κ1) is 20.4. The van der Waals surface area contributed by atoms with E-state index >= 15 is 0 Å². The molecule has 0 saturated carbocycles. The molecule has 0 aromatic rings. The van der Waals surface area contributed by atoms with Crippen molar-refractivity contribution in [1.82, 2.24) is 15.1 Å². The molecule has 25 heavy (non-hydrogen) atoms. The van der Waals surface area contributed by atoms with E-state index in [0.717, 1.165) is 45.6 Å². The van der Waals surface area contributed by atoms with Gasteiger partial charge in [-0.25, -0.2) is 0 Å². The summed E-state index contributed by atoms with van der Waals surface area (Å²) in [6.07, 6.45) is 3.56. The molecule has 0 radical (unpaired) electrons. The van der Waals surface area contributed by atoms with Crippen LogP contribution in [-0.4, -0.2) is 73.7 Å². The maximum atomic E-state index is 13.0. The van der Waals surface area contributed by atoms with Gasteiger partial charge in [-0.3, -0.25) is 9.69 Å². The SMILES string of the molecule is COC(CC(C)(C)N1CCNCC1)C(=O)N1CC=C(C(C)(C)C)CC1. The number of hydrogen-bond acceptors (Lipinski definition) is 4. The molecule has 0 bridgehead atoms. The number of nitrogens with one attached hydrogen (secondary N) is 1. The molecule has 2 aliphatic rings. The molecule has 1 amide bonds. The fourth-order valence-electron chi connectivity index (χ4n) is 3.88. The Morgan fingerprint density at radius 3 is 2.32 bits per heavy atom. The van der Waals surface area contributed by atoms with Crippen molar-refractivity contribution in [3.63, 3.8) is 0 Å². The number of rotatable bonds is 5. The quantitative estimate of drug-likeness (QED) is 0.772. The Bertz CT molecular complexity index is 488. The number of methoxy groups -OCH3 is 1. The summed E-state index contributed by atoms with van der Waals surface area (Å²) in [6, 6.07) is 0. The molecule has 0 aromatic heterocycles. The summed E-state index contributed by atoms with van der Waals surface area (Å²) in [5, 5.41) is 3.39. The Morgan fingerprint density at radius 2 is 1.84 bits per heavy atom. The van der Waals surface area contributed by atoms with Crippen LogP contribution in [0, 0.1) is 5.41 Å². The summed E-state index contributed by atoms with van der Waals surface area (Å²) in [5.74, 6) is 0.134. The Morgan fingerprint density at radius 1 is 1.20 bits per heavy atom. The van der Waals surface area contributed by atoms with Crippen LogP contribution in [0.15, 0.2) is 11.6 Å². The zero-order chi connectivity index (χ0) is 18.7. The number of hydrogen-bond donors (Lipinski definition) is 1. The molecule has 2 aliphatic heterocycles. The average molecular weight is 352 g/mol. The van der Waals surface area contributed by atoms with Gasteiger partial charge in [0.1, 0.15) is 6.10 Å². The number of ether oxygens (including phenoxy) is 1. The molecule has 2 heterocycles. The van der Waals surface area contributed by atoms with Gasteiger partial charge in [-0.2, -0.15) is 0 Å². The number of piperazine rings is 1. The Hall–Kier alpha value is -0.910. The lowest BCUT2D eigenvalue weighted by molar-refractivity contribution is -0.144. The molecule has 5 heteroatoms. The van der Waals surface area contributed by atoms with Gasteiger partial charge < -0.3 is 15.0 Å². The van der Waals surface area contributed by atoms with Crippen molar-refractivity contribution in [1.29, 1.82) is 0 Å². The summed E-state index contributed by atoms with van der Waals surface area (Å²) in [5.41, 5.74) is 1.60. The first-order chi connectivity index (χ1) is 11.6. The van der Waals surface area contributed by atoms with E-state index in [1.54, 1.807) is 7.11 Å². The number of carbonyl (C=O) groups is 1. The smallest absolute Gasteiger partial charge is 0.252 e. The second-order valence-corrected chi connectivity index (χ2v) is 8.99. The largest absolute Gasteiger partial charge is 0.372 e. The van der Waals surface area contributed by atoms with Gasteiger partial charge in [0.25, 0.3) is 5.91 Å². The van der Waals surface area contributed by atoms with Crippen LogP contribution in [0.25, 0.3) is 0 Å². The summed E-state index contributed by atoms with van der Waals surface area (Å²) in [7, 11) is 1.66. The topological polar surface area (TPSA) is 44.8 Å². The lowest BCUT2D eigenvalue weighted by Crippen LogP contribution is -2.56. The molecular formula is C20H37N3O2. The van der Waals surface area contributed by atoms with E-state index < -0.39 is 0 Å². The number of nitrogens with zero attached hydrogens (tertiary/aromatic N) is 2. The molecular weight excluding hydrogens is 314 g/mol. The van der Waals surface area contributed by atoms with Crippen LogP contribution < -0.4 is 5.32 Å². The van der Waals surface area contributed by atoms with Crippen molar-refractivity contribution in [2.45, 2.75) is 59.1 Å². The maximum absolute atomic E-state index is 13.0. The van der Waals surface area contributed by atoms with Gasteiger partial charge in [-0.1, -0.05) is 32.4 Å². The molecule has 5 nitrogen and oxygen atoms in total. The molecule has 1 N–H and O–H groups in total. The van der Waals surface area contributed by atoms with Crippen LogP contribution >= 0.6 is 0 Å². The van der Waals surface area contributed by atoms with Crippen LogP contribution in [-0.2, 0) is 9.53 Å². The van der Waals surface area contributed by atoms with Gasteiger partial charge in [0.05, 0.1) is 0 Å². The highest BCUT2D eigenvalue weighted by molar-refractivity contribution is 5.81. The highest BCUT2D eigenvalue weighted by Crippen LogP contribution is 2.31. The number of carbonyl (C=O) groups excluding carboxylic acids is 1. The fraction of sp³-hybridized carbons (Fsp3) is 0.850. The van der Waals surface area contributed by atoms with Crippen molar-refractivity contribution in [3.8, 4) is 0 Å². The van der Waals surface area contributed by atoms with Gasteiger partial charge in [0.15, 0.2) is 0 Å². The van der Waals surface area contributed by atoms with Crippen LogP contribution in [0.1, 0.15) is 47.5 Å². The second kappa shape index (κ2) is 8.19. The number of amides is 1. The van der Waals surface area contributed by atoms with Gasteiger partial charge >= 0.3 is 0 Å². The predicted molar refractivity (Wildman–Crippen MR) is 103 cm³/mol. The molecule has 1 saturated heterocycles. The molecule has 0 aromatic carbocycles. The van der Waals surface area contributed by atoms with E-state index in [4.69, 9.17) is 4.74 Å². The standard InChI is InChI=1S/C20H37N3O2/c1-19(2,3)16-7-11-22(12-8-16)18(24)17(25-6)15-20(4,5)23-13-9-21-10-14-23/h7,17,21H,8-15H2,1-6H3. The first-order valence-electron chi connectivity index (χ1n) is 9.62. The monoisotopic (exact) mass is 351 g/mol. The molecule has 0 spiro atoms. The van der Waals surface area contributed by atoms with E-state index in [1.165, 1.54) is 5.57 Å². The molecule has 2 rings (SSSR count). The zero-order valence-electron chi connectivity index (χ0n) is 17.0. The van der Waals surface area contributed by atoms with Crippen molar-refractivity contribution < 1.29 is 9.53 Å². The molecule has 1 unspecified atom stereocenters. The third-order valence-corrected chi connectivity index (χ3v) is 5.70. The van der Waals surface area contributed by atoms with Crippen molar-refractivity contribution in [2.75, 3.05) is 46.4 Å². The summed E-state index contributed by atoms with van der Waals surface area (Å²) in [4.78, 5) is 17.4. The Kier molecular flexibility index (Phi) is 6.68. The van der Waals surface area contributed by atoms with Crippen molar-refractivity contribution in [2.24, 2.45) is 5.41 Å². The highest BCUT2D eigenvalue weighted by Gasteiger charge is 2.35. The third kappa shape index (κ3) is 5.28. The molecule has 1 fully saturated rings. The van der Waals surface area contributed by atoms with Crippen molar-refractivity contribution in [3.05, 3.63) is 11.6 Å². The minimum atomic E-state index is -0.366. The van der Waals surface area contributed by atoms with Crippen molar-refractivity contribution >= 4 is 5.91 Å². The van der Waals surface area contributed by atoms with E-state index in [-0.39, 0.29) is 23.0 Å². The summed E-state index contributed by atoms with van der Waals surface area (Å²) in [6.45, 7) is 16.8. The normalized spacial score (nSPS) is 21.8. The maximum Gasteiger partial charge on any atom is 0.252 e. The minimum absolute atomic E-state index is 0.0410. The molecule has 144 valence electrons. The van der Waals surface area contributed by atoms with E-state index in [1.807, 2.05) is 4.90 Å². The second-order valence-electron chi connectivity index (χ2n) is 8.99. The van der Waals surface area contributed by atoms with Crippen LogP contribution in [0.4, 0.5) is 0 Å². The lowest BCUT2D eigenvalue weighted by atomic mass is 9.83. The Labute approximate surface area is 153 Å². The third-order valence-electron chi connectivity index (χ3n) is 5.70. The lowest BCUT2D eigenvalue weighted by Gasteiger charge is -2.43. The van der Waals surface area contributed by atoms with Gasteiger partial charge in [0, 0.05) is 58.3 Å². The zero-order valence-corrected chi connectivity index (χ0v) is 17.0. The minimum Gasteiger partial charge on any atom is -0.372 e. The van der Waals surface area contributed by atoms with Gasteiger partial charge in [-0.05, 0) is 25.7 Å². The Balaban J connectivity index is 1.98. The summed E-state index contributed by atoms with van der Waals surface area (Å²) >= 11 is 0. The first-order valence-corrected chi connectivity index (χ1v) is 9.62. The highest BCUT2D eigenvalue weighted by atomic mass is 16.5. The summed E-state index contributed by atoms with van der Waals surface area (Å²) < 4.78 is 5.63. The predicted octanol–water partition coefficient (Wildman–Crippen LogP) is 2.28. The van der Waals surface area contributed by atoms with E-state index in [0.29, 0.717) is 6.54 Å².